The van der Waals surface area contributed by atoms with Gasteiger partial charge >= 0.3 is 6.18 Å². The number of hydrogen-bond acceptors (Lipinski definition) is 3. The molecule has 1 rings (SSSR count). The van der Waals surface area contributed by atoms with Crippen LogP contribution < -0.4 is 5.73 Å². The van der Waals surface area contributed by atoms with Crippen molar-refractivity contribution in [1.29, 1.82) is 0 Å². The third-order valence-corrected chi connectivity index (χ3v) is 1.32. The van der Waals surface area contributed by atoms with Gasteiger partial charge in [0.2, 0.25) is 5.82 Å². The lowest BCUT2D eigenvalue weighted by atomic mass is 10.5. The van der Waals surface area contributed by atoms with E-state index in [1.807, 2.05) is 0 Å². The van der Waals surface area contributed by atoms with Crippen LogP contribution in [0, 0.1) is 0 Å². The summed E-state index contributed by atoms with van der Waals surface area (Å²) in [6.45, 7) is 0. The van der Waals surface area contributed by atoms with E-state index in [1.54, 1.807) is 0 Å². The fraction of sp³-hybridized carbons (Fsp3) is 0.200. The van der Waals surface area contributed by atoms with Crippen LogP contribution in [0.3, 0.4) is 0 Å². The Morgan fingerprint density at radius 1 is 1.42 bits per heavy atom. The van der Waals surface area contributed by atoms with Crippen molar-refractivity contribution in [1.82, 2.24) is 9.97 Å². The van der Waals surface area contributed by atoms with Crippen molar-refractivity contribution in [3.8, 4) is 0 Å². The number of halogens is 4. The van der Waals surface area contributed by atoms with Gasteiger partial charge in [-0.1, -0.05) is 11.6 Å². The highest BCUT2D eigenvalue weighted by Gasteiger charge is 2.34. The van der Waals surface area contributed by atoms with E-state index in [0.29, 0.717) is 0 Å². The second kappa shape index (κ2) is 2.78. The molecular formula is C5H3ClF3N3. The maximum Gasteiger partial charge on any atom is 0.451 e. The summed E-state index contributed by atoms with van der Waals surface area (Å²) in [5, 5.41) is -0.0944. The van der Waals surface area contributed by atoms with Gasteiger partial charge in [0, 0.05) is 0 Å². The first-order valence-electron chi connectivity index (χ1n) is 2.76. The van der Waals surface area contributed by atoms with Crippen LogP contribution in [0.2, 0.25) is 5.02 Å². The van der Waals surface area contributed by atoms with Crippen LogP contribution in [0.25, 0.3) is 0 Å². The Balaban J connectivity index is 3.14. The number of anilines is 1. The SMILES string of the molecule is Nc1nc(C(F)(F)F)ncc1Cl. The van der Waals surface area contributed by atoms with Crippen LogP contribution in [0.1, 0.15) is 5.82 Å². The molecule has 0 aliphatic rings. The van der Waals surface area contributed by atoms with Gasteiger partial charge in [0.05, 0.1) is 6.20 Å². The van der Waals surface area contributed by atoms with E-state index < -0.39 is 12.0 Å². The lowest BCUT2D eigenvalue weighted by molar-refractivity contribution is -0.144. The summed E-state index contributed by atoms with van der Waals surface area (Å²) in [4.78, 5) is 5.92. The molecule has 0 unspecified atom stereocenters. The van der Waals surface area contributed by atoms with Gasteiger partial charge in [-0.05, 0) is 0 Å². The molecule has 7 heteroatoms. The molecule has 0 atom stereocenters. The predicted molar refractivity (Wildman–Crippen MR) is 36.5 cm³/mol. The first-order valence-corrected chi connectivity index (χ1v) is 3.14. The molecule has 0 saturated carbocycles. The first kappa shape index (κ1) is 9.05. The van der Waals surface area contributed by atoms with Crippen LogP contribution >= 0.6 is 11.6 Å². The molecule has 1 heterocycles. The molecule has 0 amide bonds. The molecule has 0 radical (unpaired) electrons. The van der Waals surface area contributed by atoms with Gasteiger partial charge in [0.15, 0.2) is 0 Å². The molecule has 12 heavy (non-hydrogen) atoms. The Morgan fingerprint density at radius 3 is 2.42 bits per heavy atom. The van der Waals surface area contributed by atoms with E-state index in [4.69, 9.17) is 17.3 Å². The summed E-state index contributed by atoms with van der Waals surface area (Å²) in [7, 11) is 0. The Labute approximate surface area is 70.4 Å². The highest BCUT2D eigenvalue weighted by atomic mass is 35.5. The lowest BCUT2D eigenvalue weighted by Crippen LogP contribution is -2.12. The molecule has 0 aliphatic heterocycles. The van der Waals surface area contributed by atoms with E-state index in [1.165, 1.54) is 0 Å². The van der Waals surface area contributed by atoms with E-state index in [0.717, 1.165) is 6.20 Å². The van der Waals surface area contributed by atoms with Crippen LogP contribution in [0.4, 0.5) is 19.0 Å². The molecule has 1 aromatic rings. The monoisotopic (exact) mass is 197 g/mol. The highest BCUT2D eigenvalue weighted by Crippen LogP contribution is 2.27. The Morgan fingerprint density at radius 2 is 2.00 bits per heavy atom. The molecule has 0 saturated heterocycles. The molecule has 3 nitrogen and oxygen atoms in total. The van der Waals surface area contributed by atoms with Crippen LogP contribution in [-0.2, 0) is 6.18 Å². The van der Waals surface area contributed by atoms with Gasteiger partial charge in [-0.3, -0.25) is 0 Å². The van der Waals surface area contributed by atoms with Crippen molar-refractivity contribution in [2.75, 3.05) is 5.73 Å². The smallest absolute Gasteiger partial charge is 0.382 e. The standard InChI is InChI=1S/C5H3ClF3N3/c6-2-1-11-4(5(7,8)9)12-3(2)10/h1H,(H2,10,11,12). The van der Waals surface area contributed by atoms with Crippen molar-refractivity contribution in [3.63, 3.8) is 0 Å². The predicted octanol–water partition coefficient (Wildman–Crippen LogP) is 1.73. The number of nitrogen functional groups attached to an aromatic ring is 1. The maximum atomic E-state index is 11.9. The molecule has 1 aromatic heterocycles. The summed E-state index contributed by atoms with van der Waals surface area (Å²) in [6, 6.07) is 0. The quantitative estimate of drug-likeness (QED) is 0.689. The minimum atomic E-state index is -4.58. The normalized spacial score (nSPS) is 11.7. The number of nitrogens with zero attached hydrogens (tertiary/aromatic N) is 2. The molecule has 0 aromatic carbocycles. The second-order valence-corrected chi connectivity index (χ2v) is 2.33. The van der Waals surface area contributed by atoms with E-state index in [9.17, 15) is 13.2 Å². The van der Waals surface area contributed by atoms with Gasteiger partial charge in [0.25, 0.3) is 0 Å². The molecule has 0 bridgehead atoms. The Kier molecular flexibility index (Phi) is 2.10. The van der Waals surface area contributed by atoms with E-state index >= 15 is 0 Å². The number of hydrogen-bond donors (Lipinski definition) is 1. The molecule has 0 aliphatic carbocycles. The van der Waals surface area contributed by atoms with Gasteiger partial charge in [-0.2, -0.15) is 13.2 Å². The third-order valence-electron chi connectivity index (χ3n) is 1.02. The number of aromatic nitrogens is 2. The van der Waals surface area contributed by atoms with E-state index in [2.05, 4.69) is 9.97 Å². The number of nitrogens with two attached hydrogens (primary N) is 1. The average molecular weight is 198 g/mol. The van der Waals surface area contributed by atoms with Crippen molar-refractivity contribution in [2.45, 2.75) is 6.18 Å². The second-order valence-electron chi connectivity index (χ2n) is 1.92. The van der Waals surface area contributed by atoms with Crippen molar-refractivity contribution < 1.29 is 13.2 Å². The van der Waals surface area contributed by atoms with Crippen LogP contribution in [0.15, 0.2) is 6.20 Å². The minimum absolute atomic E-state index is 0.0944. The van der Waals surface area contributed by atoms with Gasteiger partial charge < -0.3 is 5.73 Å². The summed E-state index contributed by atoms with van der Waals surface area (Å²) in [5.41, 5.74) is 5.03. The zero-order valence-corrected chi connectivity index (χ0v) is 6.32. The molecule has 0 spiro atoms. The van der Waals surface area contributed by atoms with Crippen molar-refractivity contribution in [2.24, 2.45) is 0 Å². The van der Waals surface area contributed by atoms with Gasteiger partial charge in [-0.25, -0.2) is 9.97 Å². The number of rotatable bonds is 0. The Hall–Kier alpha value is -1.04. The Bertz CT molecular complexity index is 298. The molecule has 2 N–H and O–H groups in total. The fourth-order valence-corrected chi connectivity index (χ4v) is 0.608. The summed E-state index contributed by atoms with van der Waals surface area (Å²) in [6.07, 6.45) is -3.77. The number of alkyl halides is 3. The average Bonchev–Trinajstić information content (AvgIpc) is 1.92. The summed E-state index contributed by atoms with van der Waals surface area (Å²) < 4.78 is 35.6. The molecule has 0 fully saturated rings. The first-order chi connectivity index (χ1) is 5.41. The van der Waals surface area contributed by atoms with Crippen molar-refractivity contribution in [3.05, 3.63) is 17.0 Å². The summed E-state index contributed by atoms with van der Waals surface area (Å²) in [5.74, 6) is -1.66. The third kappa shape index (κ3) is 1.76. The maximum absolute atomic E-state index is 11.9. The van der Waals surface area contributed by atoms with Crippen LogP contribution in [-0.4, -0.2) is 9.97 Å². The van der Waals surface area contributed by atoms with E-state index in [-0.39, 0.29) is 10.8 Å². The van der Waals surface area contributed by atoms with Gasteiger partial charge in [0.1, 0.15) is 10.8 Å². The molecular weight excluding hydrogens is 195 g/mol. The van der Waals surface area contributed by atoms with Crippen molar-refractivity contribution >= 4 is 17.4 Å². The van der Waals surface area contributed by atoms with Gasteiger partial charge in [-0.15, -0.1) is 0 Å². The zero-order chi connectivity index (χ0) is 9.35. The largest absolute Gasteiger partial charge is 0.451 e. The zero-order valence-electron chi connectivity index (χ0n) is 5.56. The minimum Gasteiger partial charge on any atom is -0.382 e. The topological polar surface area (TPSA) is 51.8 Å². The highest BCUT2D eigenvalue weighted by molar-refractivity contribution is 6.32. The lowest BCUT2D eigenvalue weighted by Gasteiger charge is -2.04. The fourth-order valence-electron chi connectivity index (χ4n) is 0.517. The molecule has 66 valence electrons. The summed E-state index contributed by atoms with van der Waals surface area (Å²) >= 11 is 5.31. The van der Waals surface area contributed by atoms with Crippen LogP contribution in [0.5, 0.6) is 0 Å².